The van der Waals surface area contributed by atoms with Crippen LogP contribution in [0.2, 0.25) is 0 Å². The number of hydrogen-bond donors (Lipinski definition) is 0. The SMILES string of the molecule is C1CC2CC(C1)C1CC2C2CC1C1CCCC2C1. The van der Waals surface area contributed by atoms with Crippen LogP contribution in [0.3, 0.4) is 0 Å². The third kappa shape index (κ3) is 1.33. The van der Waals surface area contributed by atoms with Crippen LogP contribution in [0.25, 0.3) is 0 Å². The van der Waals surface area contributed by atoms with E-state index in [1.165, 1.54) is 47.3 Å². The lowest BCUT2D eigenvalue weighted by atomic mass is 9.43. The molecule has 100 valence electrons. The molecule has 5 aliphatic rings. The summed E-state index contributed by atoms with van der Waals surface area (Å²) in [6.07, 6.45) is 16.2. The van der Waals surface area contributed by atoms with E-state index in [0.717, 1.165) is 0 Å². The van der Waals surface area contributed by atoms with Gasteiger partial charge in [0, 0.05) is 0 Å². The molecule has 8 atom stereocenters. The molecule has 8 bridgehead atoms. The van der Waals surface area contributed by atoms with E-state index in [9.17, 15) is 0 Å². The molecule has 0 nitrogen and oxygen atoms in total. The van der Waals surface area contributed by atoms with Gasteiger partial charge in [0.15, 0.2) is 0 Å². The smallest absolute Gasteiger partial charge is 0.0352 e. The molecule has 0 N–H and O–H groups in total. The van der Waals surface area contributed by atoms with Crippen LogP contribution in [-0.4, -0.2) is 0 Å². The van der Waals surface area contributed by atoms with E-state index in [0.29, 0.717) is 0 Å². The van der Waals surface area contributed by atoms with Gasteiger partial charge in [-0.2, -0.15) is 0 Å². The van der Waals surface area contributed by atoms with Gasteiger partial charge in [-0.15, -0.1) is 0 Å². The lowest BCUT2D eigenvalue weighted by Crippen LogP contribution is -2.53. The van der Waals surface area contributed by atoms with Gasteiger partial charge in [0.1, 0.15) is 0 Å². The summed E-state index contributed by atoms with van der Waals surface area (Å²) in [7, 11) is 0. The fourth-order valence-electron chi connectivity index (χ4n) is 7.58. The van der Waals surface area contributed by atoms with Crippen molar-refractivity contribution < 1.29 is 0 Å². The van der Waals surface area contributed by atoms with Gasteiger partial charge in [-0.1, -0.05) is 38.5 Å². The molecule has 0 spiro atoms. The first kappa shape index (κ1) is 10.7. The average Bonchev–Trinajstić information content (AvgIpc) is 2.44. The van der Waals surface area contributed by atoms with E-state index in [1.54, 1.807) is 64.2 Å². The lowest BCUT2D eigenvalue weighted by molar-refractivity contribution is -0.122. The van der Waals surface area contributed by atoms with Crippen molar-refractivity contribution in [2.75, 3.05) is 0 Å². The summed E-state index contributed by atoms with van der Waals surface area (Å²) < 4.78 is 0. The van der Waals surface area contributed by atoms with Gasteiger partial charge in [-0.25, -0.2) is 0 Å². The standard InChI is InChI=1S/C18H28/c1-3-11-7-12(4-1)16-9-15(11)17-10-18(16)14-6-2-5-13(17)8-14/h11-18H,1-10H2. The zero-order chi connectivity index (χ0) is 11.7. The molecule has 0 radical (unpaired) electrons. The lowest BCUT2D eigenvalue weighted by Gasteiger charge is -2.62. The van der Waals surface area contributed by atoms with Gasteiger partial charge in [-0.3, -0.25) is 0 Å². The second-order valence-corrected chi connectivity index (χ2v) is 8.50. The molecule has 0 aromatic heterocycles. The van der Waals surface area contributed by atoms with Crippen LogP contribution in [-0.2, 0) is 0 Å². The van der Waals surface area contributed by atoms with Gasteiger partial charge in [-0.05, 0) is 73.0 Å². The molecule has 0 aliphatic heterocycles. The van der Waals surface area contributed by atoms with Crippen molar-refractivity contribution in [1.82, 2.24) is 0 Å². The van der Waals surface area contributed by atoms with Crippen molar-refractivity contribution in [3.05, 3.63) is 0 Å². The summed E-state index contributed by atoms with van der Waals surface area (Å²) in [5.74, 6) is 9.43. The van der Waals surface area contributed by atoms with Gasteiger partial charge in [0.2, 0.25) is 0 Å². The highest BCUT2D eigenvalue weighted by molar-refractivity contribution is 5.05. The maximum Gasteiger partial charge on any atom is -0.0352 e. The number of hydrogen-bond acceptors (Lipinski definition) is 0. The largest absolute Gasteiger partial charge is 0.0528 e. The summed E-state index contributed by atoms with van der Waals surface area (Å²) in [5, 5.41) is 0. The first-order valence-corrected chi connectivity index (χ1v) is 8.90. The summed E-state index contributed by atoms with van der Waals surface area (Å²) >= 11 is 0. The fourth-order valence-corrected chi connectivity index (χ4v) is 7.58. The molecule has 0 heterocycles. The molecule has 8 unspecified atom stereocenters. The van der Waals surface area contributed by atoms with Gasteiger partial charge >= 0.3 is 0 Å². The molecule has 5 rings (SSSR count). The van der Waals surface area contributed by atoms with E-state index < -0.39 is 0 Å². The Balaban J connectivity index is 1.54. The Labute approximate surface area is 112 Å². The number of fused-ring (bicyclic) bond motifs is 14. The Hall–Kier alpha value is 0. The first-order valence-electron chi connectivity index (χ1n) is 8.90. The van der Waals surface area contributed by atoms with Crippen LogP contribution < -0.4 is 0 Å². The molecule has 5 fully saturated rings. The van der Waals surface area contributed by atoms with E-state index >= 15 is 0 Å². The minimum absolute atomic E-state index is 1.17. The molecule has 0 heteroatoms. The maximum absolute atomic E-state index is 1.68. The number of rotatable bonds is 0. The summed E-state index contributed by atoms with van der Waals surface area (Å²) in [6, 6.07) is 0. The Morgan fingerprint density at radius 2 is 0.722 bits per heavy atom. The van der Waals surface area contributed by atoms with Crippen LogP contribution in [0.5, 0.6) is 0 Å². The molecule has 0 aromatic carbocycles. The topological polar surface area (TPSA) is 0 Å². The summed E-state index contributed by atoms with van der Waals surface area (Å²) in [6.45, 7) is 0. The summed E-state index contributed by atoms with van der Waals surface area (Å²) in [5.41, 5.74) is 0. The van der Waals surface area contributed by atoms with Crippen molar-refractivity contribution in [2.24, 2.45) is 47.3 Å². The van der Waals surface area contributed by atoms with Crippen molar-refractivity contribution >= 4 is 0 Å². The third-order valence-electron chi connectivity index (χ3n) is 8.12. The summed E-state index contributed by atoms with van der Waals surface area (Å²) in [4.78, 5) is 0. The molecule has 5 aliphatic carbocycles. The maximum atomic E-state index is 1.68. The Morgan fingerprint density at radius 1 is 0.389 bits per heavy atom. The van der Waals surface area contributed by atoms with Gasteiger partial charge in [0.25, 0.3) is 0 Å². The van der Waals surface area contributed by atoms with Crippen LogP contribution >= 0.6 is 0 Å². The molecule has 0 saturated heterocycles. The highest BCUT2D eigenvalue weighted by Gasteiger charge is 2.55. The van der Waals surface area contributed by atoms with Crippen LogP contribution in [0.1, 0.15) is 64.2 Å². The van der Waals surface area contributed by atoms with Gasteiger partial charge in [0.05, 0.1) is 0 Å². The van der Waals surface area contributed by atoms with Crippen LogP contribution in [0, 0.1) is 47.3 Å². The van der Waals surface area contributed by atoms with Gasteiger partial charge < -0.3 is 0 Å². The highest BCUT2D eigenvalue weighted by atomic mass is 14.6. The minimum atomic E-state index is 1.17. The van der Waals surface area contributed by atoms with E-state index in [1.807, 2.05) is 0 Å². The van der Waals surface area contributed by atoms with Crippen molar-refractivity contribution in [1.29, 1.82) is 0 Å². The highest BCUT2D eigenvalue weighted by Crippen LogP contribution is 2.64. The first-order chi connectivity index (χ1) is 8.90. The van der Waals surface area contributed by atoms with E-state index in [2.05, 4.69) is 0 Å². The van der Waals surface area contributed by atoms with Crippen LogP contribution in [0.4, 0.5) is 0 Å². The Kier molecular flexibility index (Phi) is 2.25. The van der Waals surface area contributed by atoms with Crippen molar-refractivity contribution in [2.45, 2.75) is 64.2 Å². The third-order valence-corrected chi connectivity index (χ3v) is 8.12. The molecular weight excluding hydrogens is 216 g/mol. The zero-order valence-electron chi connectivity index (χ0n) is 11.7. The molecule has 0 amide bonds. The van der Waals surface area contributed by atoms with Crippen LogP contribution in [0.15, 0.2) is 0 Å². The zero-order valence-corrected chi connectivity index (χ0v) is 11.7. The second kappa shape index (κ2) is 3.76. The Bertz CT molecular complexity index is 284. The van der Waals surface area contributed by atoms with Crippen molar-refractivity contribution in [3.63, 3.8) is 0 Å². The predicted molar refractivity (Wildman–Crippen MR) is 74.1 cm³/mol. The molecule has 5 saturated carbocycles. The molecule has 0 aromatic rings. The quantitative estimate of drug-likeness (QED) is 0.532. The fraction of sp³-hybridized carbons (Fsp3) is 1.00. The monoisotopic (exact) mass is 244 g/mol. The minimum Gasteiger partial charge on any atom is -0.0528 e. The Morgan fingerprint density at radius 3 is 1.06 bits per heavy atom. The predicted octanol–water partition coefficient (Wildman–Crippen LogP) is 4.89. The average molecular weight is 244 g/mol. The normalized spacial score (nSPS) is 61.3. The van der Waals surface area contributed by atoms with E-state index in [4.69, 9.17) is 0 Å². The van der Waals surface area contributed by atoms with E-state index in [-0.39, 0.29) is 0 Å². The molecular formula is C18H28. The second-order valence-electron chi connectivity index (χ2n) is 8.50. The molecule has 18 heavy (non-hydrogen) atoms. The van der Waals surface area contributed by atoms with Crippen molar-refractivity contribution in [3.8, 4) is 0 Å².